The number of carbonyl (C=O) groups excluding carboxylic acids is 1. The summed E-state index contributed by atoms with van der Waals surface area (Å²) in [7, 11) is 0. The summed E-state index contributed by atoms with van der Waals surface area (Å²) in [4.78, 5) is 15.3. The summed E-state index contributed by atoms with van der Waals surface area (Å²) in [6, 6.07) is 8.24. The molecule has 0 aliphatic carbocycles. The van der Waals surface area contributed by atoms with E-state index in [2.05, 4.69) is 16.3 Å². The van der Waals surface area contributed by atoms with Crippen LogP contribution in [0.1, 0.15) is 30.4 Å². The molecule has 2 saturated heterocycles. The molecule has 1 aromatic heterocycles. The minimum Gasteiger partial charge on any atom is -0.442 e. The highest BCUT2D eigenvalue weighted by Gasteiger charge is 2.58. The Labute approximate surface area is 155 Å². The highest BCUT2D eigenvalue weighted by Crippen LogP contribution is 2.46. The normalized spacial score (nSPS) is 24.9. The van der Waals surface area contributed by atoms with Crippen LogP contribution in [0.5, 0.6) is 0 Å². The Bertz CT molecular complexity index is 858. The van der Waals surface area contributed by atoms with Crippen molar-refractivity contribution in [3.05, 3.63) is 58.0 Å². The van der Waals surface area contributed by atoms with Gasteiger partial charge < -0.3 is 4.74 Å². The van der Waals surface area contributed by atoms with Crippen molar-refractivity contribution < 1.29 is 13.9 Å². The molecule has 0 amide bonds. The lowest BCUT2D eigenvalue weighted by Crippen LogP contribution is -2.70. The van der Waals surface area contributed by atoms with Gasteiger partial charge >= 0.3 is 11.7 Å². The largest absolute Gasteiger partial charge is 0.442 e. The van der Waals surface area contributed by atoms with Gasteiger partial charge in [-0.25, -0.2) is 9.18 Å². The molecule has 0 unspecified atom stereocenters. The lowest BCUT2D eigenvalue weighted by molar-refractivity contribution is -0.205. The van der Waals surface area contributed by atoms with Gasteiger partial charge in [0, 0.05) is 11.9 Å². The van der Waals surface area contributed by atoms with Gasteiger partial charge in [-0.3, -0.25) is 4.90 Å². The topological polar surface area (TPSA) is 43.6 Å². The standard InChI is InChI=1S/C20H20FN2O2S/c1-22-18(14-9-11-26-12-14)19(24)25-20(15-5-7-16(21)8-6-15)13-23-10-3-2-4-17(20)23/h5-9,11-12,17H,1-4,10,13H2/q+1/t17-,20+/m1/s1. The zero-order valence-electron chi connectivity index (χ0n) is 14.4. The van der Waals surface area contributed by atoms with Crippen LogP contribution in [-0.2, 0) is 15.1 Å². The van der Waals surface area contributed by atoms with E-state index < -0.39 is 11.6 Å². The minimum atomic E-state index is -0.753. The molecule has 4 nitrogen and oxygen atoms in total. The Morgan fingerprint density at radius 1 is 1.31 bits per heavy atom. The van der Waals surface area contributed by atoms with E-state index in [1.54, 1.807) is 12.1 Å². The van der Waals surface area contributed by atoms with Gasteiger partial charge in [0.1, 0.15) is 5.82 Å². The number of carbonyl (C=O) groups is 1. The lowest BCUT2D eigenvalue weighted by Gasteiger charge is -2.58. The highest BCUT2D eigenvalue weighted by molar-refractivity contribution is 7.08. The molecule has 1 aromatic carbocycles. The number of thiophene rings is 1. The monoisotopic (exact) mass is 371 g/mol. The number of piperidine rings is 1. The van der Waals surface area contributed by atoms with Gasteiger partial charge in [-0.05, 0) is 48.5 Å². The first-order valence-corrected chi connectivity index (χ1v) is 9.68. The van der Waals surface area contributed by atoms with Gasteiger partial charge in [0.25, 0.3) is 6.72 Å². The number of ether oxygens (including phenoxy) is 1. The Morgan fingerprint density at radius 3 is 2.77 bits per heavy atom. The fourth-order valence-electron chi connectivity index (χ4n) is 4.06. The summed E-state index contributed by atoms with van der Waals surface area (Å²) in [5, 5.41) is 3.74. The molecule has 26 heavy (non-hydrogen) atoms. The van der Waals surface area contributed by atoms with E-state index in [9.17, 15) is 9.18 Å². The molecule has 2 aliphatic heterocycles. The predicted octanol–water partition coefficient (Wildman–Crippen LogP) is 2.75. The number of nitrogens with zero attached hydrogens (tertiary/aromatic N) is 2. The van der Waals surface area contributed by atoms with Crippen LogP contribution in [-0.4, -0.2) is 42.4 Å². The summed E-state index contributed by atoms with van der Waals surface area (Å²) < 4.78 is 23.4. The van der Waals surface area contributed by atoms with E-state index in [1.165, 1.54) is 23.5 Å². The Morgan fingerprint density at radius 2 is 2.12 bits per heavy atom. The number of benzene rings is 1. The van der Waals surface area contributed by atoms with E-state index in [0.29, 0.717) is 12.1 Å². The summed E-state index contributed by atoms with van der Waals surface area (Å²) >= 11 is 1.49. The maximum atomic E-state index is 13.4. The van der Waals surface area contributed by atoms with Crippen LogP contribution >= 0.6 is 11.3 Å². The summed E-state index contributed by atoms with van der Waals surface area (Å²) in [6.07, 6.45) is 3.22. The molecule has 2 aromatic rings. The number of halogens is 1. The van der Waals surface area contributed by atoms with E-state index in [0.717, 1.165) is 31.4 Å². The fraction of sp³-hybridized carbons (Fsp3) is 0.350. The van der Waals surface area contributed by atoms with Crippen LogP contribution in [0.2, 0.25) is 0 Å². The molecule has 0 saturated carbocycles. The van der Waals surface area contributed by atoms with Gasteiger partial charge in [0.2, 0.25) is 0 Å². The minimum absolute atomic E-state index is 0.124. The Balaban J connectivity index is 1.67. The maximum Gasteiger partial charge on any atom is 0.424 e. The van der Waals surface area contributed by atoms with Crippen LogP contribution in [0.4, 0.5) is 4.39 Å². The van der Waals surface area contributed by atoms with Gasteiger partial charge in [-0.1, -0.05) is 23.2 Å². The number of hydrogen-bond donors (Lipinski definition) is 0. The molecule has 0 spiro atoms. The quantitative estimate of drug-likeness (QED) is 0.472. The van der Waals surface area contributed by atoms with Crippen molar-refractivity contribution in [2.75, 3.05) is 13.1 Å². The molecule has 134 valence electrons. The smallest absolute Gasteiger partial charge is 0.424 e. The first-order chi connectivity index (χ1) is 12.6. The molecule has 3 heterocycles. The second kappa shape index (κ2) is 6.80. The third-order valence-electron chi connectivity index (χ3n) is 5.34. The molecular weight excluding hydrogens is 351 g/mol. The fourth-order valence-corrected chi connectivity index (χ4v) is 4.71. The zero-order chi connectivity index (χ0) is 18.1. The first-order valence-electron chi connectivity index (χ1n) is 8.74. The molecule has 6 heteroatoms. The number of fused-ring (bicyclic) bond motifs is 1. The van der Waals surface area contributed by atoms with E-state index in [4.69, 9.17) is 4.74 Å². The average molecular weight is 371 g/mol. The Hall–Kier alpha value is -2.27. The van der Waals surface area contributed by atoms with Gasteiger partial charge in [-0.2, -0.15) is 11.3 Å². The SMILES string of the molecule is C=[N+]=C(C(=O)O[C@]1(c2ccc(F)cc2)CN2CCCC[C@@H]21)c1ccsc1. The molecule has 0 bridgehead atoms. The molecule has 2 fully saturated rings. The summed E-state index contributed by atoms with van der Waals surface area (Å²) in [5.41, 5.74) is 1.02. The van der Waals surface area contributed by atoms with Gasteiger partial charge in [0.15, 0.2) is 5.60 Å². The second-order valence-electron chi connectivity index (χ2n) is 6.79. The highest BCUT2D eigenvalue weighted by atomic mass is 32.1. The number of rotatable bonds is 4. The van der Waals surface area contributed by atoms with Crippen molar-refractivity contribution in [2.24, 2.45) is 0 Å². The average Bonchev–Trinajstić information content (AvgIpc) is 3.15. The van der Waals surface area contributed by atoms with Gasteiger partial charge in [-0.15, -0.1) is 0 Å². The zero-order valence-corrected chi connectivity index (χ0v) is 15.2. The maximum absolute atomic E-state index is 13.4. The third-order valence-corrected chi connectivity index (χ3v) is 6.03. The van der Waals surface area contributed by atoms with Gasteiger partial charge in [0.05, 0.1) is 11.6 Å². The van der Waals surface area contributed by atoms with Crippen molar-refractivity contribution in [2.45, 2.75) is 30.9 Å². The molecule has 4 rings (SSSR count). The van der Waals surface area contributed by atoms with Crippen molar-refractivity contribution in [1.29, 1.82) is 0 Å². The second-order valence-corrected chi connectivity index (χ2v) is 7.57. The van der Waals surface area contributed by atoms with Crippen molar-refractivity contribution in [1.82, 2.24) is 9.57 Å². The lowest BCUT2D eigenvalue weighted by atomic mass is 9.73. The van der Waals surface area contributed by atoms with Crippen LogP contribution in [0.3, 0.4) is 0 Å². The van der Waals surface area contributed by atoms with E-state index >= 15 is 0 Å². The predicted molar refractivity (Wildman–Crippen MR) is 101 cm³/mol. The Kier molecular flexibility index (Phi) is 4.49. The van der Waals surface area contributed by atoms with Crippen LogP contribution in [0.25, 0.3) is 0 Å². The van der Waals surface area contributed by atoms with Crippen molar-refractivity contribution in [3.63, 3.8) is 0 Å². The molecule has 0 N–H and O–H groups in total. The van der Waals surface area contributed by atoms with Crippen molar-refractivity contribution >= 4 is 29.7 Å². The molecular formula is C20H20FN2O2S+. The number of hydrogen-bond acceptors (Lipinski definition) is 4. The van der Waals surface area contributed by atoms with Crippen LogP contribution in [0.15, 0.2) is 41.1 Å². The summed E-state index contributed by atoms with van der Waals surface area (Å²) in [5.74, 6) is -0.777. The first kappa shape index (κ1) is 17.2. The molecule has 0 radical (unpaired) electrons. The number of esters is 1. The summed E-state index contributed by atoms with van der Waals surface area (Å²) in [6.45, 7) is 5.17. The third kappa shape index (κ3) is 2.80. The van der Waals surface area contributed by atoms with Crippen LogP contribution in [0, 0.1) is 5.82 Å². The van der Waals surface area contributed by atoms with E-state index in [1.807, 2.05) is 16.8 Å². The molecule has 2 atom stereocenters. The van der Waals surface area contributed by atoms with Crippen molar-refractivity contribution in [3.8, 4) is 0 Å². The van der Waals surface area contributed by atoms with Crippen LogP contribution < -0.4 is 4.67 Å². The molecule has 2 aliphatic rings. The van der Waals surface area contributed by atoms with E-state index in [-0.39, 0.29) is 17.6 Å².